The largest absolute Gasteiger partial charge is 0.497 e. The first-order valence-corrected chi connectivity index (χ1v) is 10.5. The number of carbonyl (C=O) groups is 1. The summed E-state index contributed by atoms with van der Waals surface area (Å²) in [7, 11) is -1.53. The van der Waals surface area contributed by atoms with E-state index in [0.29, 0.717) is 23.6 Å². The number of halogens is 1. The van der Waals surface area contributed by atoms with Crippen molar-refractivity contribution < 1.29 is 17.9 Å². The SMILES string of the molecule is COc1ccc(CN(C(=O)c2ccccc2Cl)[C@H]2CCS(=O)(=O)C2)cc1. The van der Waals surface area contributed by atoms with E-state index in [0.717, 1.165) is 11.3 Å². The second-order valence-electron chi connectivity index (χ2n) is 6.32. The Morgan fingerprint density at radius 2 is 1.88 bits per heavy atom. The maximum Gasteiger partial charge on any atom is 0.255 e. The second-order valence-corrected chi connectivity index (χ2v) is 8.95. The molecule has 1 aliphatic rings. The Hall–Kier alpha value is -2.05. The third kappa shape index (κ3) is 4.19. The quantitative estimate of drug-likeness (QED) is 0.782. The number of ether oxygens (including phenoxy) is 1. The normalized spacial score (nSPS) is 18.5. The zero-order chi connectivity index (χ0) is 18.7. The van der Waals surface area contributed by atoms with E-state index in [-0.39, 0.29) is 23.5 Å². The predicted octanol–water partition coefficient (Wildman–Crippen LogP) is 3.18. The Kier molecular flexibility index (Phi) is 5.53. The summed E-state index contributed by atoms with van der Waals surface area (Å²) in [4.78, 5) is 14.7. The van der Waals surface area contributed by atoms with Crippen LogP contribution in [0.2, 0.25) is 5.02 Å². The van der Waals surface area contributed by atoms with Crippen LogP contribution in [0.15, 0.2) is 48.5 Å². The first-order chi connectivity index (χ1) is 12.4. The van der Waals surface area contributed by atoms with E-state index in [1.165, 1.54) is 0 Å². The van der Waals surface area contributed by atoms with Crippen molar-refractivity contribution in [3.63, 3.8) is 0 Å². The molecular formula is C19H20ClNO4S. The summed E-state index contributed by atoms with van der Waals surface area (Å²) >= 11 is 6.19. The molecule has 0 aliphatic carbocycles. The van der Waals surface area contributed by atoms with Gasteiger partial charge in [-0.1, -0.05) is 35.9 Å². The van der Waals surface area contributed by atoms with Gasteiger partial charge in [-0.25, -0.2) is 8.42 Å². The molecule has 7 heteroatoms. The van der Waals surface area contributed by atoms with Gasteiger partial charge < -0.3 is 9.64 Å². The van der Waals surface area contributed by atoms with Crippen LogP contribution >= 0.6 is 11.6 Å². The van der Waals surface area contributed by atoms with E-state index in [9.17, 15) is 13.2 Å². The molecule has 1 amide bonds. The van der Waals surface area contributed by atoms with Gasteiger partial charge in [0.25, 0.3) is 5.91 Å². The first-order valence-electron chi connectivity index (χ1n) is 8.28. The molecule has 0 spiro atoms. The van der Waals surface area contributed by atoms with E-state index in [1.807, 2.05) is 24.3 Å². The lowest BCUT2D eigenvalue weighted by atomic mass is 10.1. The molecule has 1 fully saturated rings. The summed E-state index contributed by atoms with van der Waals surface area (Å²) in [6.07, 6.45) is 0.439. The molecule has 3 rings (SSSR count). The number of carbonyl (C=O) groups excluding carboxylic acids is 1. The summed E-state index contributed by atoms with van der Waals surface area (Å²) in [6.45, 7) is 0.314. The fraction of sp³-hybridized carbons (Fsp3) is 0.316. The van der Waals surface area contributed by atoms with E-state index >= 15 is 0 Å². The van der Waals surface area contributed by atoms with Gasteiger partial charge in [0.2, 0.25) is 0 Å². The molecule has 0 bridgehead atoms. The fourth-order valence-electron chi connectivity index (χ4n) is 3.10. The number of amides is 1. The van der Waals surface area contributed by atoms with Crippen LogP contribution < -0.4 is 4.74 Å². The highest BCUT2D eigenvalue weighted by Crippen LogP contribution is 2.25. The molecule has 1 saturated heterocycles. The topological polar surface area (TPSA) is 63.7 Å². The van der Waals surface area contributed by atoms with Crippen molar-refractivity contribution >= 4 is 27.3 Å². The maximum atomic E-state index is 13.1. The van der Waals surface area contributed by atoms with Crippen molar-refractivity contribution in [2.24, 2.45) is 0 Å². The highest BCUT2D eigenvalue weighted by Gasteiger charge is 2.35. The van der Waals surface area contributed by atoms with Crippen LogP contribution in [0.4, 0.5) is 0 Å². The van der Waals surface area contributed by atoms with Gasteiger partial charge in [0.15, 0.2) is 9.84 Å². The minimum atomic E-state index is -3.12. The lowest BCUT2D eigenvalue weighted by Gasteiger charge is -2.29. The number of sulfone groups is 1. The average molecular weight is 394 g/mol. The minimum absolute atomic E-state index is 0.0145. The molecule has 1 heterocycles. The summed E-state index contributed by atoms with van der Waals surface area (Å²) in [5.41, 5.74) is 1.28. The van der Waals surface area contributed by atoms with Crippen LogP contribution in [0.1, 0.15) is 22.3 Å². The number of hydrogen-bond acceptors (Lipinski definition) is 4. The average Bonchev–Trinajstić information content (AvgIpc) is 2.99. The van der Waals surface area contributed by atoms with Crippen molar-refractivity contribution in [1.82, 2.24) is 4.90 Å². The standard InChI is InChI=1S/C19H20ClNO4S/c1-25-16-8-6-14(7-9-16)12-21(15-10-11-26(23,24)13-15)19(22)17-4-2-3-5-18(17)20/h2-9,15H,10-13H2,1H3/t15-/m0/s1. The van der Waals surface area contributed by atoms with Crippen LogP contribution in [0, 0.1) is 0 Å². The van der Waals surface area contributed by atoms with Crippen molar-refractivity contribution in [2.75, 3.05) is 18.6 Å². The molecule has 2 aromatic carbocycles. The lowest BCUT2D eigenvalue weighted by molar-refractivity contribution is 0.0681. The molecular weight excluding hydrogens is 374 g/mol. The number of methoxy groups -OCH3 is 1. The third-order valence-corrected chi connectivity index (χ3v) is 6.61. The Morgan fingerprint density at radius 1 is 1.19 bits per heavy atom. The minimum Gasteiger partial charge on any atom is -0.497 e. The monoisotopic (exact) mass is 393 g/mol. The molecule has 1 aliphatic heterocycles. The Bertz CT molecular complexity index is 896. The van der Waals surface area contributed by atoms with Gasteiger partial charge in [-0.15, -0.1) is 0 Å². The smallest absolute Gasteiger partial charge is 0.255 e. The number of hydrogen-bond donors (Lipinski definition) is 0. The third-order valence-electron chi connectivity index (χ3n) is 4.53. The Morgan fingerprint density at radius 3 is 2.46 bits per heavy atom. The highest BCUT2D eigenvalue weighted by atomic mass is 35.5. The Labute approximate surface area is 158 Å². The molecule has 5 nitrogen and oxygen atoms in total. The molecule has 0 aromatic heterocycles. The van der Waals surface area contributed by atoms with Crippen molar-refractivity contribution in [1.29, 1.82) is 0 Å². The summed E-state index contributed by atoms with van der Waals surface area (Å²) in [6, 6.07) is 13.8. The van der Waals surface area contributed by atoms with Gasteiger partial charge >= 0.3 is 0 Å². The summed E-state index contributed by atoms with van der Waals surface area (Å²) in [5, 5.41) is 0.359. The maximum absolute atomic E-state index is 13.1. The number of nitrogens with zero attached hydrogens (tertiary/aromatic N) is 1. The molecule has 2 aromatic rings. The van der Waals surface area contributed by atoms with Crippen LogP contribution in [0.25, 0.3) is 0 Å². The zero-order valence-corrected chi connectivity index (χ0v) is 16.0. The highest BCUT2D eigenvalue weighted by molar-refractivity contribution is 7.91. The second kappa shape index (κ2) is 7.68. The fourth-order valence-corrected chi connectivity index (χ4v) is 5.05. The number of benzene rings is 2. The van der Waals surface area contributed by atoms with Crippen LogP contribution in [0.3, 0.4) is 0 Å². The van der Waals surface area contributed by atoms with E-state index in [2.05, 4.69) is 0 Å². The first kappa shape index (κ1) is 18.7. The summed E-state index contributed by atoms with van der Waals surface area (Å²) < 4.78 is 29.0. The molecule has 0 N–H and O–H groups in total. The zero-order valence-electron chi connectivity index (χ0n) is 14.4. The van der Waals surface area contributed by atoms with Crippen molar-refractivity contribution in [3.05, 3.63) is 64.7 Å². The predicted molar refractivity (Wildman–Crippen MR) is 101 cm³/mol. The van der Waals surface area contributed by atoms with Crippen LogP contribution in [-0.2, 0) is 16.4 Å². The summed E-state index contributed by atoms with van der Waals surface area (Å²) in [5.74, 6) is 0.557. The van der Waals surface area contributed by atoms with Gasteiger partial charge in [0.05, 0.1) is 29.2 Å². The Balaban J connectivity index is 1.91. The molecule has 138 valence electrons. The van der Waals surface area contributed by atoms with E-state index in [1.54, 1.807) is 36.3 Å². The molecule has 0 unspecified atom stereocenters. The van der Waals surface area contributed by atoms with E-state index < -0.39 is 9.84 Å². The van der Waals surface area contributed by atoms with Gasteiger partial charge in [-0.3, -0.25) is 4.79 Å². The lowest BCUT2D eigenvalue weighted by Crippen LogP contribution is -2.40. The molecule has 0 radical (unpaired) electrons. The van der Waals surface area contributed by atoms with Crippen molar-refractivity contribution in [3.8, 4) is 5.75 Å². The molecule has 26 heavy (non-hydrogen) atoms. The van der Waals surface area contributed by atoms with Crippen molar-refractivity contribution in [2.45, 2.75) is 19.0 Å². The van der Waals surface area contributed by atoms with Gasteiger partial charge in [0, 0.05) is 12.6 Å². The van der Waals surface area contributed by atoms with E-state index in [4.69, 9.17) is 16.3 Å². The van der Waals surface area contributed by atoms with Gasteiger partial charge in [-0.05, 0) is 36.2 Å². The van der Waals surface area contributed by atoms with Crippen LogP contribution in [-0.4, -0.2) is 43.9 Å². The van der Waals surface area contributed by atoms with Gasteiger partial charge in [-0.2, -0.15) is 0 Å². The molecule has 1 atom stereocenters. The van der Waals surface area contributed by atoms with Crippen LogP contribution in [0.5, 0.6) is 5.75 Å². The van der Waals surface area contributed by atoms with Gasteiger partial charge in [0.1, 0.15) is 5.75 Å². The number of rotatable bonds is 5. The molecule has 0 saturated carbocycles.